The molecule has 0 saturated heterocycles. The topological polar surface area (TPSA) is 27.1 Å². The van der Waals surface area contributed by atoms with Crippen molar-refractivity contribution in [3.8, 4) is 0 Å². The lowest BCUT2D eigenvalue weighted by Gasteiger charge is -2.12. The maximum Gasteiger partial charge on any atom is 0.103 e. The van der Waals surface area contributed by atoms with Crippen molar-refractivity contribution < 1.29 is 0 Å². The molecule has 0 spiro atoms. The summed E-state index contributed by atoms with van der Waals surface area (Å²) in [6.07, 6.45) is 4.06. The molecule has 2 nitrogen and oxygen atoms in total. The zero-order chi connectivity index (χ0) is 6.85. The third-order valence-electron chi connectivity index (χ3n) is 1.62. The Kier molecular flexibility index (Phi) is 1.56. The minimum absolute atomic E-state index is 0.535. The summed E-state index contributed by atoms with van der Waals surface area (Å²) in [5.41, 5.74) is 0. The van der Waals surface area contributed by atoms with Gasteiger partial charge in [-0.2, -0.15) is 0 Å². The van der Waals surface area contributed by atoms with E-state index < -0.39 is 0 Å². The molecule has 0 bridgehead atoms. The fourth-order valence-electron chi connectivity index (χ4n) is 0.743. The zero-order valence-electron chi connectivity index (χ0n) is 5.72. The van der Waals surface area contributed by atoms with Crippen LogP contribution < -0.4 is 0 Å². The lowest BCUT2D eigenvalue weighted by molar-refractivity contribution is 0.654. The molecule has 1 saturated carbocycles. The molecule has 2 heteroatoms. The van der Waals surface area contributed by atoms with Crippen LogP contribution in [0, 0.1) is 11.3 Å². The smallest absolute Gasteiger partial charge is 0.103 e. The maximum absolute atomic E-state index is 7.47. The highest BCUT2D eigenvalue weighted by atomic mass is 15.1. The monoisotopic (exact) mass is 124 g/mol. The normalized spacial score (nSPS) is 17.0. The molecule has 0 aromatic rings. The van der Waals surface area contributed by atoms with E-state index in [0.717, 1.165) is 0 Å². The lowest BCUT2D eigenvalue weighted by Crippen LogP contribution is -2.20. The van der Waals surface area contributed by atoms with Crippen LogP contribution >= 0.6 is 0 Å². The van der Waals surface area contributed by atoms with E-state index in [0.29, 0.717) is 11.8 Å². The van der Waals surface area contributed by atoms with E-state index in [-0.39, 0.29) is 0 Å². The fraction of sp³-hybridized carbons (Fsp3) is 0.571. The maximum atomic E-state index is 7.47. The summed E-state index contributed by atoms with van der Waals surface area (Å²) in [6, 6.07) is 0. The van der Waals surface area contributed by atoms with Crippen LogP contribution in [0.4, 0.5) is 0 Å². The van der Waals surface area contributed by atoms with Gasteiger partial charge in [0.05, 0.1) is 0 Å². The fourth-order valence-corrected chi connectivity index (χ4v) is 0.743. The second-order valence-electron chi connectivity index (χ2n) is 2.45. The molecule has 0 heterocycles. The van der Waals surface area contributed by atoms with Crippen LogP contribution in [0.1, 0.15) is 12.8 Å². The highest BCUT2D eigenvalue weighted by Crippen LogP contribution is 2.30. The number of nitrogens with zero attached hydrogens (tertiary/aromatic N) is 1. The summed E-state index contributed by atoms with van der Waals surface area (Å²) < 4.78 is 0. The average molecular weight is 124 g/mol. The van der Waals surface area contributed by atoms with Crippen molar-refractivity contribution in [2.24, 2.45) is 5.92 Å². The first-order valence-corrected chi connectivity index (χ1v) is 3.19. The molecule has 1 aliphatic rings. The van der Waals surface area contributed by atoms with Gasteiger partial charge in [0.2, 0.25) is 0 Å². The van der Waals surface area contributed by atoms with Gasteiger partial charge in [-0.05, 0) is 19.0 Å². The largest absolute Gasteiger partial charge is 0.340 e. The molecule has 1 N–H and O–H groups in total. The summed E-state index contributed by atoms with van der Waals surface area (Å²) in [5, 5.41) is 7.47. The number of rotatable bonds is 2. The van der Waals surface area contributed by atoms with E-state index in [1.165, 1.54) is 12.8 Å². The van der Waals surface area contributed by atoms with Gasteiger partial charge in [-0.1, -0.05) is 6.58 Å². The first kappa shape index (κ1) is 6.33. The van der Waals surface area contributed by atoms with Gasteiger partial charge < -0.3 is 4.90 Å². The van der Waals surface area contributed by atoms with Crippen molar-refractivity contribution in [1.29, 1.82) is 5.41 Å². The van der Waals surface area contributed by atoms with Crippen LogP contribution in [-0.2, 0) is 0 Å². The quantitative estimate of drug-likeness (QED) is 0.438. The molecule has 0 radical (unpaired) electrons. The molecule has 9 heavy (non-hydrogen) atoms. The molecule has 0 aliphatic heterocycles. The van der Waals surface area contributed by atoms with E-state index in [4.69, 9.17) is 5.41 Å². The second-order valence-corrected chi connectivity index (χ2v) is 2.45. The lowest BCUT2D eigenvalue weighted by atomic mass is 10.3. The second kappa shape index (κ2) is 2.21. The number of hydrogen-bond donors (Lipinski definition) is 1. The first-order chi connectivity index (χ1) is 4.25. The van der Waals surface area contributed by atoms with E-state index in [1.807, 2.05) is 7.05 Å². The molecule has 0 atom stereocenters. The van der Waals surface area contributed by atoms with Gasteiger partial charge >= 0.3 is 0 Å². The molecule has 1 aliphatic carbocycles. The minimum Gasteiger partial charge on any atom is -0.340 e. The molecule has 0 unspecified atom stereocenters. The van der Waals surface area contributed by atoms with Crippen LogP contribution in [-0.4, -0.2) is 17.8 Å². The van der Waals surface area contributed by atoms with Crippen LogP contribution in [0.2, 0.25) is 0 Å². The Balaban J connectivity index is 2.39. The van der Waals surface area contributed by atoms with Gasteiger partial charge in [0.15, 0.2) is 0 Å². The molecule has 0 aromatic heterocycles. The predicted octanol–water partition coefficient (Wildman–Crippen LogP) is 1.45. The molecule has 1 fully saturated rings. The standard InChI is InChI=1S/C7H12N2/c1-3-9(2)7(8)6-4-5-6/h3,6,8H,1,4-5H2,2H3. The Morgan fingerprint density at radius 2 is 2.33 bits per heavy atom. The third-order valence-corrected chi connectivity index (χ3v) is 1.62. The van der Waals surface area contributed by atoms with Crippen molar-refractivity contribution in [1.82, 2.24) is 4.90 Å². The Morgan fingerprint density at radius 1 is 1.78 bits per heavy atom. The van der Waals surface area contributed by atoms with Crippen LogP contribution in [0.5, 0.6) is 0 Å². The van der Waals surface area contributed by atoms with Crippen molar-refractivity contribution in [2.45, 2.75) is 12.8 Å². The average Bonchev–Trinajstić information content (AvgIpc) is 2.66. The van der Waals surface area contributed by atoms with E-state index in [9.17, 15) is 0 Å². The number of hydrogen-bond acceptors (Lipinski definition) is 1. The number of nitrogens with one attached hydrogen (secondary N) is 1. The molecular formula is C7H12N2. The molecule has 50 valence electrons. The Hall–Kier alpha value is -0.790. The van der Waals surface area contributed by atoms with Crippen molar-refractivity contribution >= 4 is 5.84 Å². The van der Waals surface area contributed by atoms with Crippen molar-refractivity contribution in [3.05, 3.63) is 12.8 Å². The Bertz CT molecular complexity index is 136. The van der Waals surface area contributed by atoms with Crippen molar-refractivity contribution in [3.63, 3.8) is 0 Å². The molecule has 0 aromatic carbocycles. The van der Waals surface area contributed by atoms with Gasteiger partial charge in [0, 0.05) is 13.0 Å². The van der Waals surface area contributed by atoms with E-state index in [1.54, 1.807) is 11.1 Å². The summed E-state index contributed by atoms with van der Waals surface area (Å²) in [6.45, 7) is 3.58. The summed E-state index contributed by atoms with van der Waals surface area (Å²) in [7, 11) is 1.87. The first-order valence-electron chi connectivity index (χ1n) is 3.19. The summed E-state index contributed by atoms with van der Waals surface area (Å²) in [4.78, 5) is 1.78. The van der Waals surface area contributed by atoms with Gasteiger partial charge in [-0.25, -0.2) is 0 Å². The van der Waals surface area contributed by atoms with Gasteiger partial charge in [-0.15, -0.1) is 0 Å². The van der Waals surface area contributed by atoms with Gasteiger partial charge in [-0.3, -0.25) is 5.41 Å². The van der Waals surface area contributed by atoms with Gasteiger partial charge in [0.1, 0.15) is 5.84 Å². The van der Waals surface area contributed by atoms with E-state index >= 15 is 0 Å². The minimum atomic E-state index is 0.535. The Labute approximate surface area is 55.7 Å². The van der Waals surface area contributed by atoms with Crippen LogP contribution in [0.15, 0.2) is 12.8 Å². The summed E-state index contributed by atoms with van der Waals surface area (Å²) >= 11 is 0. The van der Waals surface area contributed by atoms with E-state index in [2.05, 4.69) is 6.58 Å². The van der Waals surface area contributed by atoms with Crippen molar-refractivity contribution in [2.75, 3.05) is 7.05 Å². The van der Waals surface area contributed by atoms with Crippen LogP contribution in [0.3, 0.4) is 0 Å². The predicted molar refractivity (Wildman–Crippen MR) is 38.4 cm³/mol. The van der Waals surface area contributed by atoms with Gasteiger partial charge in [0.25, 0.3) is 0 Å². The highest BCUT2D eigenvalue weighted by Gasteiger charge is 2.27. The SMILES string of the molecule is C=CN(C)C(=N)C1CC1. The third kappa shape index (κ3) is 1.31. The molecule has 0 amide bonds. The zero-order valence-corrected chi connectivity index (χ0v) is 5.72. The number of amidine groups is 1. The molecular weight excluding hydrogens is 112 g/mol. The summed E-state index contributed by atoms with van der Waals surface area (Å²) in [5.74, 6) is 1.25. The highest BCUT2D eigenvalue weighted by molar-refractivity contribution is 5.84. The van der Waals surface area contributed by atoms with Crippen LogP contribution in [0.25, 0.3) is 0 Å². The Morgan fingerprint density at radius 3 is 2.67 bits per heavy atom. The molecule has 1 rings (SSSR count).